The van der Waals surface area contributed by atoms with Crippen LogP contribution in [0.4, 0.5) is 0 Å². The van der Waals surface area contributed by atoms with Gasteiger partial charge in [-0.05, 0) is 24.8 Å². The molecule has 1 nitrogen and oxygen atoms in total. The van der Waals surface area contributed by atoms with E-state index in [0.717, 1.165) is 12.7 Å². The summed E-state index contributed by atoms with van der Waals surface area (Å²) in [5, 5.41) is 0. The van der Waals surface area contributed by atoms with Gasteiger partial charge in [0.15, 0.2) is 0 Å². The smallest absolute Gasteiger partial charge is 0.120 e. The van der Waals surface area contributed by atoms with Gasteiger partial charge in [-0.1, -0.05) is 36.8 Å². The largest absolute Gasteiger partial charge is 0.303 e. The molecule has 13 heavy (non-hydrogen) atoms. The highest BCUT2D eigenvalue weighted by molar-refractivity contribution is 5.49. The number of hydrogen-bond donors (Lipinski definition) is 0. The van der Waals surface area contributed by atoms with E-state index in [1.54, 1.807) is 0 Å². The lowest BCUT2D eigenvalue weighted by atomic mass is 9.96. The first kappa shape index (κ1) is 9.97. The van der Waals surface area contributed by atoms with Crippen molar-refractivity contribution in [3.8, 4) is 0 Å². The van der Waals surface area contributed by atoms with Gasteiger partial charge < -0.3 is 4.79 Å². The van der Waals surface area contributed by atoms with Crippen LogP contribution in [-0.4, -0.2) is 6.29 Å². The van der Waals surface area contributed by atoms with E-state index in [1.807, 2.05) is 0 Å². The van der Waals surface area contributed by atoms with Gasteiger partial charge in [-0.2, -0.15) is 0 Å². The number of rotatable bonds is 4. The summed E-state index contributed by atoms with van der Waals surface area (Å²) in [6.45, 7) is 4.24. The molecule has 0 aliphatic carbocycles. The zero-order valence-corrected chi connectivity index (χ0v) is 8.29. The molecule has 0 fully saturated rings. The minimum absolute atomic E-state index is 0.491. The summed E-state index contributed by atoms with van der Waals surface area (Å²) >= 11 is 0. The van der Waals surface area contributed by atoms with E-state index in [1.165, 1.54) is 11.1 Å². The molecule has 1 aromatic rings. The lowest BCUT2D eigenvalue weighted by molar-refractivity contribution is -0.108. The van der Waals surface area contributed by atoms with Crippen LogP contribution in [0.5, 0.6) is 0 Å². The van der Waals surface area contributed by atoms with Crippen molar-refractivity contribution in [2.45, 2.75) is 32.6 Å². The monoisotopic (exact) mass is 176 g/mol. The van der Waals surface area contributed by atoms with E-state index in [-0.39, 0.29) is 0 Å². The van der Waals surface area contributed by atoms with Gasteiger partial charge in [0.1, 0.15) is 6.29 Å². The van der Waals surface area contributed by atoms with Gasteiger partial charge in [-0.3, -0.25) is 0 Å². The highest BCUT2D eigenvalue weighted by Gasteiger charge is 2.03. The molecule has 1 aromatic carbocycles. The number of carbonyl (C=O) groups excluding carboxylic acids is 1. The van der Waals surface area contributed by atoms with E-state index in [0.29, 0.717) is 12.3 Å². The molecule has 0 spiro atoms. The van der Waals surface area contributed by atoms with Crippen molar-refractivity contribution in [2.75, 3.05) is 0 Å². The number of hydrogen-bond acceptors (Lipinski definition) is 1. The SMILES string of the molecule is Cc1ccc([C@@H](C)CCC=O)cc1. The molecule has 1 atom stereocenters. The van der Waals surface area contributed by atoms with Gasteiger partial charge in [0, 0.05) is 6.42 Å². The molecular formula is C12H16O. The second-order valence-corrected chi connectivity index (χ2v) is 3.56. The first-order valence-electron chi connectivity index (χ1n) is 4.74. The predicted octanol–water partition coefficient (Wildman–Crippen LogP) is 3.08. The average Bonchev–Trinajstić information content (AvgIpc) is 2.15. The van der Waals surface area contributed by atoms with E-state index in [9.17, 15) is 4.79 Å². The molecule has 0 unspecified atom stereocenters. The Morgan fingerprint density at radius 3 is 2.46 bits per heavy atom. The Kier molecular flexibility index (Phi) is 3.69. The van der Waals surface area contributed by atoms with Crippen LogP contribution < -0.4 is 0 Å². The Morgan fingerprint density at radius 1 is 1.31 bits per heavy atom. The van der Waals surface area contributed by atoms with Crippen molar-refractivity contribution in [1.82, 2.24) is 0 Å². The van der Waals surface area contributed by atoms with Gasteiger partial charge >= 0.3 is 0 Å². The third kappa shape index (κ3) is 3.02. The first-order valence-corrected chi connectivity index (χ1v) is 4.74. The minimum atomic E-state index is 0.491. The van der Waals surface area contributed by atoms with Crippen LogP contribution in [0, 0.1) is 6.92 Å². The number of benzene rings is 1. The van der Waals surface area contributed by atoms with E-state index in [2.05, 4.69) is 38.1 Å². The van der Waals surface area contributed by atoms with Crippen molar-refractivity contribution in [3.05, 3.63) is 35.4 Å². The molecule has 0 bridgehead atoms. The van der Waals surface area contributed by atoms with Crippen molar-refractivity contribution in [3.63, 3.8) is 0 Å². The number of aryl methyl sites for hydroxylation is 1. The Hall–Kier alpha value is -1.11. The fourth-order valence-electron chi connectivity index (χ4n) is 1.38. The maximum absolute atomic E-state index is 10.2. The molecule has 0 heterocycles. The normalized spacial score (nSPS) is 12.5. The molecule has 1 heteroatoms. The van der Waals surface area contributed by atoms with Crippen molar-refractivity contribution < 1.29 is 4.79 Å². The molecule has 0 saturated carbocycles. The molecule has 0 aromatic heterocycles. The summed E-state index contributed by atoms with van der Waals surface area (Å²) in [6.07, 6.45) is 2.60. The Balaban J connectivity index is 2.60. The highest BCUT2D eigenvalue weighted by Crippen LogP contribution is 2.19. The second kappa shape index (κ2) is 4.80. The fraction of sp³-hybridized carbons (Fsp3) is 0.417. The summed E-state index contributed by atoms with van der Waals surface area (Å²) in [5.41, 5.74) is 2.61. The first-order chi connectivity index (χ1) is 6.24. The van der Waals surface area contributed by atoms with E-state index < -0.39 is 0 Å². The summed E-state index contributed by atoms with van der Waals surface area (Å²) in [4.78, 5) is 10.2. The van der Waals surface area contributed by atoms with Crippen LogP contribution in [0.2, 0.25) is 0 Å². The Morgan fingerprint density at radius 2 is 1.92 bits per heavy atom. The molecule has 0 radical (unpaired) electrons. The fourth-order valence-corrected chi connectivity index (χ4v) is 1.38. The summed E-state index contributed by atoms with van der Waals surface area (Å²) in [5.74, 6) is 0.491. The second-order valence-electron chi connectivity index (χ2n) is 3.56. The zero-order valence-electron chi connectivity index (χ0n) is 8.29. The van der Waals surface area contributed by atoms with Crippen molar-refractivity contribution in [2.24, 2.45) is 0 Å². The molecular weight excluding hydrogens is 160 g/mol. The van der Waals surface area contributed by atoms with Crippen LogP contribution in [0.15, 0.2) is 24.3 Å². The lowest BCUT2D eigenvalue weighted by Crippen LogP contribution is -1.93. The summed E-state index contributed by atoms with van der Waals surface area (Å²) in [7, 11) is 0. The molecule has 1 rings (SSSR count). The minimum Gasteiger partial charge on any atom is -0.303 e. The van der Waals surface area contributed by atoms with Crippen molar-refractivity contribution >= 4 is 6.29 Å². The summed E-state index contributed by atoms with van der Waals surface area (Å²) in [6, 6.07) is 8.52. The molecule has 0 saturated heterocycles. The molecule has 0 aliphatic heterocycles. The molecule has 0 aliphatic rings. The van der Waals surface area contributed by atoms with Crippen LogP contribution >= 0.6 is 0 Å². The molecule has 0 N–H and O–H groups in total. The van der Waals surface area contributed by atoms with Crippen LogP contribution in [0.25, 0.3) is 0 Å². The van der Waals surface area contributed by atoms with Gasteiger partial charge in [0.05, 0.1) is 0 Å². The molecule has 70 valence electrons. The predicted molar refractivity (Wildman–Crippen MR) is 54.9 cm³/mol. The Labute approximate surface area is 79.8 Å². The van der Waals surface area contributed by atoms with Crippen molar-refractivity contribution in [1.29, 1.82) is 0 Å². The van der Waals surface area contributed by atoms with Crippen LogP contribution in [0.3, 0.4) is 0 Å². The molecule has 0 amide bonds. The van der Waals surface area contributed by atoms with Gasteiger partial charge in [-0.25, -0.2) is 0 Å². The zero-order chi connectivity index (χ0) is 9.68. The van der Waals surface area contributed by atoms with Crippen LogP contribution in [-0.2, 0) is 4.79 Å². The average molecular weight is 176 g/mol. The maximum Gasteiger partial charge on any atom is 0.120 e. The number of aldehydes is 1. The maximum atomic E-state index is 10.2. The highest BCUT2D eigenvalue weighted by atomic mass is 16.1. The lowest BCUT2D eigenvalue weighted by Gasteiger charge is -2.09. The Bertz CT molecular complexity index is 261. The summed E-state index contributed by atoms with van der Waals surface area (Å²) < 4.78 is 0. The van der Waals surface area contributed by atoms with Gasteiger partial charge in [0.25, 0.3) is 0 Å². The van der Waals surface area contributed by atoms with E-state index in [4.69, 9.17) is 0 Å². The van der Waals surface area contributed by atoms with Gasteiger partial charge in [-0.15, -0.1) is 0 Å². The topological polar surface area (TPSA) is 17.1 Å². The quantitative estimate of drug-likeness (QED) is 0.644. The van der Waals surface area contributed by atoms with E-state index >= 15 is 0 Å². The third-order valence-electron chi connectivity index (χ3n) is 2.36. The third-order valence-corrected chi connectivity index (χ3v) is 2.36. The number of carbonyl (C=O) groups is 1. The standard InChI is InChI=1S/C12H16O/c1-10-5-7-12(8-6-10)11(2)4-3-9-13/h5-9,11H,3-4H2,1-2H3/t11-/m0/s1. The van der Waals surface area contributed by atoms with Gasteiger partial charge in [0.2, 0.25) is 0 Å². The van der Waals surface area contributed by atoms with Crippen LogP contribution in [0.1, 0.15) is 36.8 Å².